The summed E-state index contributed by atoms with van der Waals surface area (Å²) in [5.74, 6) is 0.531. The Bertz CT molecular complexity index is 632. The Balaban J connectivity index is 1.94. The van der Waals surface area contributed by atoms with Crippen LogP contribution >= 0.6 is 0 Å². The molecule has 6 nitrogen and oxygen atoms in total. The fourth-order valence-electron chi connectivity index (χ4n) is 3.43. The lowest BCUT2D eigenvalue weighted by atomic mass is 9.78. The fraction of sp³-hybridized carbons (Fsp3) is 0.611. The fourth-order valence-corrected chi connectivity index (χ4v) is 3.43. The van der Waals surface area contributed by atoms with Crippen molar-refractivity contribution in [1.82, 2.24) is 0 Å². The molecule has 0 heterocycles. The maximum atomic E-state index is 12.6. The van der Waals surface area contributed by atoms with Gasteiger partial charge in [-0.1, -0.05) is 18.9 Å². The van der Waals surface area contributed by atoms with Gasteiger partial charge in [0.25, 0.3) is 0 Å². The van der Waals surface area contributed by atoms with Crippen LogP contribution in [0.4, 0.5) is 5.69 Å². The molecule has 2 aliphatic rings. The molecule has 0 spiro atoms. The first-order valence-corrected chi connectivity index (χ1v) is 8.66. The summed E-state index contributed by atoms with van der Waals surface area (Å²) in [5.41, 5.74) is 0.0364. The maximum Gasteiger partial charge on any atom is 0.316 e. The van der Waals surface area contributed by atoms with Crippen molar-refractivity contribution in [3.8, 4) is 5.75 Å². The van der Waals surface area contributed by atoms with E-state index in [4.69, 9.17) is 9.47 Å². The zero-order chi connectivity index (χ0) is 17.2. The summed E-state index contributed by atoms with van der Waals surface area (Å²) in [6, 6.07) is 4.82. The first-order chi connectivity index (χ1) is 11.6. The van der Waals surface area contributed by atoms with Crippen molar-refractivity contribution in [2.45, 2.75) is 50.9 Å². The third-order valence-electron chi connectivity index (χ3n) is 5.00. The largest absolute Gasteiger partial charge is 0.487 e. The van der Waals surface area contributed by atoms with Gasteiger partial charge in [0.2, 0.25) is 0 Å². The topological polar surface area (TPSA) is 78.7 Å². The zero-order valence-electron chi connectivity index (χ0n) is 14.0. The van der Waals surface area contributed by atoms with Crippen LogP contribution in [0.25, 0.3) is 0 Å². The third-order valence-corrected chi connectivity index (χ3v) is 5.00. The molecule has 3 rings (SSSR count). The molecule has 130 valence electrons. The first-order valence-electron chi connectivity index (χ1n) is 8.66. The lowest BCUT2D eigenvalue weighted by molar-refractivity contribution is -0.385. The lowest BCUT2D eigenvalue weighted by Crippen LogP contribution is -2.34. The van der Waals surface area contributed by atoms with E-state index in [1.807, 2.05) is 0 Å². The molecule has 1 aromatic rings. The molecule has 2 fully saturated rings. The SMILES string of the molecule is CCOC(=O)C1(c2ccc([N+](=O)[O-])c(OCC3CC3)c2)CCCC1. The zero-order valence-corrected chi connectivity index (χ0v) is 14.0. The standard InChI is InChI=1S/C18H23NO5/c1-2-23-17(20)18(9-3-4-10-18)14-7-8-15(19(21)22)16(11-14)24-12-13-5-6-13/h7-8,11,13H,2-6,9-10,12H2,1H3. The van der Waals surface area contributed by atoms with Crippen molar-refractivity contribution in [3.05, 3.63) is 33.9 Å². The molecule has 0 atom stereocenters. The average molecular weight is 333 g/mol. The number of hydrogen-bond donors (Lipinski definition) is 0. The molecule has 1 aromatic carbocycles. The number of hydrogen-bond acceptors (Lipinski definition) is 5. The maximum absolute atomic E-state index is 12.6. The Kier molecular flexibility index (Phi) is 4.73. The van der Waals surface area contributed by atoms with Gasteiger partial charge in [-0.15, -0.1) is 0 Å². The molecule has 0 amide bonds. The van der Waals surface area contributed by atoms with Gasteiger partial charge in [0.1, 0.15) is 0 Å². The molecule has 0 radical (unpaired) electrons. The summed E-state index contributed by atoms with van der Waals surface area (Å²) >= 11 is 0. The highest BCUT2D eigenvalue weighted by Crippen LogP contribution is 2.44. The van der Waals surface area contributed by atoms with Crippen molar-refractivity contribution >= 4 is 11.7 Å². The van der Waals surface area contributed by atoms with Gasteiger partial charge in [0.05, 0.1) is 23.6 Å². The van der Waals surface area contributed by atoms with E-state index < -0.39 is 10.3 Å². The van der Waals surface area contributed by atoms with Gasteiger partial charge in [-0.2, -0.15) is 0 Å². The number of ether oxygens (including phenoxy) is 2. The van der Waals surface area contributed by atoms with Gasteiger partial charge in [0, 0.05) is 6.07 Å². The quantitative estimate of drug-likeness (QED) is 0.431. The van der Waals surface area contributed by atoms with Crippen LogP contribution in [0.3, 0.4) is 0 Å². The average Bonchev–Trinajstić information content (AvgIpc) is 3.26. The molecule has 0 aliphatic heterocycles. The number of nitro groups is 1. The van der Waals surface area contributed by atoms with Crippen LogP contribution in [0.1, 0.15) is 51.0 Å². The van der Waals surface area contributed by atoms with Gasteiger partial charge in [-0.3, -0.25) is 14.9 Å². The second-order valence-corrected chi connectivity index (χ2v) is 6.70. The number of nitro benzene ring substituents is 1. The van der Waals surface area contributed by atoms with E-state index in [0.717, 1.165) is 31.2 Å². The van der Waals surface area contributed by atoms with Crippen molar-refractivity contribution < 1.29 is 19.2 Å². The van der Waals surface area contributed by atoms with Crippen LogP contribution in [0.2, 0.25) is 0 Å². The van der Waals surface area contributed by atoms with Crippen LogP contribution in [0.15, 0.2) is 18.2 Å². The number of carbonyl (C=O) groups excluding carboxylic acids is 1. The molecule has 2 saturated carbocycles. The Morgan fingerprint density at radius 1 is 1.33 bits per heavy atom. The minimum Gasteiger partial charge on any atom is -0.487 e. The summed E-state index contributed by atoms with van der Waals surface area (Å²) in [6.07, 6.45) is 5.56. The highest BCUT2D eigenvalue weighted by molar-refractivity contribution is 5.84. The van der Waals surface area contributed by atoms with E-state index in [1.54, 1.807) is 19.1 Å². The van der Waals surface area contributed by atoms with E-state index >= 15 is 0 Å². The Labute approximate surface area is 141 Å². The van der Waals surface area contributed by atoms with Crippen LogP contribution in [0, 0.1) is 16.0 Å². The van der Waals surface area contributed by atoms with E-state index in [-0.39, 0.29) is 17.4 Å². The van der Waals surface area contributed by atoms with E-state index in [0.29, 0.717) is 32.0 Å². The molecule has 0 aromatic heterocycles. The van der Waals surface area contributed by atoms with Gasteiger partial charge in [-0.05, 0) is 50.2 Å². The van der Waals surface area contributed by atoms with Gasteiger partial charge in [0.15, 0.2) is 5.75 Å². The summed E-state index contributed by atoms with van der Waals surface area (Å²) in [6.45, 7) is 2.62. The number of rotatable bonds is 7. The number of benzene rings is 1. The Hall–Kier alpha value is -2.11. The summed E-state index contributed by atoms with van der Waals surface area (Å²) in [4.78, 5) is 23.4. The molecular formula is C18H23NO5. The van der Waals surface area contributed by atoms with Crippen molar-refractivity contribution in [1.29, 1.82) is 0 Å². The van der Waals surface area contributed by atoms with Crippen LogP contribution in [0.5, 0.6) is 5.75 Å². The third kappa shape index (κ3) is 3.23. The van der Waals surface area contributed by atoms with E-state index in [9.17, 15) is 14.9 Å². The molecule has 24 heavy (non-hydrogen) atoms. The number of carbonyl (C=O) groups is 1. The number of nitrogens with zero attached hydrogens (tertiary/aromatic N) is 1. The van der Waals surface area contributed by atoms with E-state index in [2.05, 4.69) is 0 Å². The van der Waals surface area contributed by atoms with Crippen molar-refractivity contribution in [3.63, 3.8) is 0 Å². The number of esters is 1. The Morgan fingerprint density at radius 3 is 2.62 bits per heavy atom. The minimum atomic E-state index is -0.692. The molecule has 0 saturated heterocycles. The summed E-state index contributed by atoms with van der Waals surface area (Å²) < 4.78 is 11.0. The molecule has 0 unspecified atom stereocenters. The monoisotopic (exact) mass is 333 g/mol. The molecule has 6 heteroatoms. The van der Waals surface area contributed by atoms with Crippen molar-refractivity contribution in [2.75, 3.05) is 13.2 Å². The molecular weight excluding hydrogens is 310 g/mol. The van der Waals surface area contributed by atoms with Gasteiger partial charge < -0.3 is 9.47 Å². The van der Waals surface area contributed by atoms with E-state index in [1.165, 1.54) is 6.07 Å². The smallest absolute Gasteiger partial charge is 0.316 e. The lowest BCUT2D eigenvalue weighted by Gasteiger charge is -2.27. The molecule has 0 bridgehead atoms. The predicted molar refractivity (Wildman–Crippen MR) is 88.1 cm³/mol. The van der Waals surface area contributed by atoms with Gasteiger partial charge in [-0.25, -0.2) is 0 Å². The second kappa shape index (κ2) is 6.79. The first kappa shape index (κ1) is 16.7. The predicted octanol–water partition coefficient (Wildman–Crippen LogP) is 3.76. The normalized spacial score (nSPS) is 19.0. The molecule has 0 N–H and O–H groups in total. The highest BCUT2D eigenvalue weighted by atomic mass is 16.6. The highest BCUT2D eigenvalue weighted by Gasteiger charge is 2.44. The minimum absolute atomic E-state index is 0.0450. The molecule has 2 aliphatic carbocycles. The summed E-state index contributed by atoms with van der Waals surface area (Å²) in [7, 11) is 0. The van der Waals surface area contributed by atoms with Crippen molar-refractivity contribution in [2.24, 2.45) is 5.92 Å². The van der Waals surface area contributed by atoms with Gasteiger partial charge >= 0.3 is 11.7 Å². The Morgan fingerprint density at radius 2 is 2.04 bits per heavy atom. The van der Waals surface area contributed by atoms with Crippen LogP contribution in [-0.4, -0.2) is 24.1 Å². The van der Waals surface area contributed by atoms with Crippen LogP contribution in [-0.2, 0) is 14.9 Å². The summed E-state index contributed by atoms with van der Waals surface area (Å²) in [5, 5.41) is 11.3. The van der Waals surface area contributed by atoms with Crippen LogP contribution < -0.4 is 4.74 Å². The second-order valence-electron chi connectivity index (χ2n) is 6.70.